The third-order valence-corrected chi connectivity index (χ3v) is 7.47. The summed E-state index contributed by atoms with van der Waals surface area (Å²) >= 11 is 0. The van der Waals surface area contributed by atoms with Crippen LogP contribution in [0, 0.1) is 12.8 Å². The molecule has 0 radical (unpaired) electrons. The molecule has 1 aliphatic heterocycles. The summed E-state index contributed by atoms with van der Waals surface area (Å²) in [5.41, 5.74) is 0.760. The van der Waals surface area contributed by atoms with E-state index in [4.69, 9.17) is 9.26 Å². The molecule has 2 heterocycles. The second-order valence-electron chi connectivity index (χ2n) is 7.78. The van der Waals surface area contributed by atoms with E-state index in [1.165, 1.54) is 12.8 Å². The molecule has 4 rings (SSSR count). The summed E-state index contributed by atoms with van der Waals surface area (Å²) in [5, 5.41) is 4.05. The highest BCUT2D eigenvalue weighted by molar-refractivity contribution is 7.89. The molecular formula is C20H27N3O4S. The molecule has 152 valence electrons. The van der Waals surface area contributed by atoms with E-state index in [1.807, 2.05) is 19.1 Å². The number of sulfonamides is 1. The van der Waals surface area contributed by atoms with Gasteiger partial charge in [0.1, 0.15) is 0 Å². The van der Waals surface area contributed by atoms with E-state index in [0.29, 0.717) is 42.7 Å². The van der Waals surface area contributed by atoms with Gasteiger partial charge in [0.25, 0.3) is 0 Å². The smallest absolute Gasteiger partial charge is 0.243 e. The molecule has 2 aromatic rings. The Morgan fingerprint density at radius 1 is 1.25 bits per heavy atom. The van der Waals surface area contributed by atoms with E-state index in [1.54, 1.807) is 16.4 Å². The molecule has 0 spiro atoms. The van der Waals surface area contributed by atoms with Gasteiger partial charge in [-0.25, -0.2) is 8.42 Å². The number of hydrogen-bond acceptors (Lipinski definition) is 6. The van der Waals surface area contributed by atoms with E-state index in [-0.39, 0.29) is 5.92 Å². The largest absolute Gasteiger partial charge is 0.381 e. The number of aryl methyl sites for hydroxylation is 1. The zero-order chi connectivity index (χ0) is 19.6. The maximum absolute atomic E-state index is 13.1. The maximum Gasteiger partial charge on any atom is 0.243 e. The Balaban J connectivity index is 1.39. The zero-order valence-electron chi connectivity index (χ0n) is 16.2. The summed E-state index contributed by atoms with van der Waals surface area (Å²) in [6, 6.07) is 7.10. The predicted octanol–water partition coefficient (Wildman–Crippen LogP) is 2.92. The molecule has 1 unspecified atom stereocenters. The fourth-order valence-corrected chi connectivity index (χ4v) is 5.33. The van der Waals surface area contributed by atoms with Gasteiger partial charge in [-0.2, -0.15) is 9.29 Å². The van der Waals surface area contributed by atoms with Gasteiger partial charge in [-0.05, 0) is 50.2 Å². The van der Waals surface area contributed by atoms with Gasteiger partial charge >= 0.3 is 0 Å². The van der Waals surface area contributed by atoms with Crippen LogP contribution in [0.2, 0.25) is 0 Å². The van der Waals surface area contributed by atoms with E-state index in [9.17, 15) is 8.42 Å². The van der Waals surface area contributed by atoms with Crippen LogP contribution in [0.15, 0.2) is 33.7 Å². The van der Waals surface area contributed by atoms with Crippen LogP contribution >= 0.6 is 0 Å². The first-order valence-corrected chi connectivity index (χ1v) is 11.4. The Morgan fingerprint density at radius 2 is 2.07 bits per heavy atom. The molecule has 1 aliphatic carbocycles. The summed E-state index contributed by atoms with van der Waals surface area (Å²) in [6.07, 6.45) is 4.79. The number of aromatic nitrogens is 2. The second-order valence-corrected chi connectivity index (χ2v) is 9.69. The number of piperidine rings is 1. The van der Waals surface area contributed by atoms with Gasteiger partial charge in [-0.3, -0.25) is 0 Å². The highest BCUT2D eigenvalue weighted by Crippen LogP contribution is 2.31. The quantitative estimate of drug-likeness (QED) is 0.628. The first-order chi connectivity index (χ1) is 13.5. The molecule has 1 atom stereocenters. The van der Waals surface area contributed by atoms with E-state index in [2.05, 4.69) is 10.1 Å². The Hall–Kier alpha value is -1.77. The lowest BCUT2D eigenvalue weighted by atomic mass is 10.00. The van der Waals surface area contributed by atoms with Crippen LogP contribution in [0.1, 0.15) is 48.9 Å². The fraction of sp³-hybridized carbons (Fsp3) is 0.600. The highest BCUT2D eigenvalue weighted by atomic mass is 32.2. The zero-order valence-corrected chi connectivity index (χ0v) is 17.0. The van der Waals surface area contributed by atoms with E-state index < -0.39 is 10.0 Å². The maximum atomic E-state index is 13.1. The molecule has 1 saturated heterocycles. The van der Waals surface area contributed by atoms with Crippen molar-refractivity contribution in [2.45, 2.75) is 49.8 Å². The Morgan fingerprint density at radius 3 is 2.86 bits per heavy atom. The molecule has 1 aromatic heterocycles. The number of nitrogens with zero attached hydrogens (tertiary/aromatic N) is 3. The van der Waals surface area contributed by atoms with Gasteiger partial charge in [0, 0.05) is 26.1 Å². The van der Waals surface area contributed by atoms with Crippen LogP contribution in [0.25, 0.3) is 0 Å². The van der Waals surface area contributed by atoms with E-state index >= 15 is 0 Å². The van der Waals surface area contributed by atoms with Crippen molar-refractivity contribution in [3.63, 3.8) is 0 Å². The van der Waals surface area contributed by atoms with Crippen molar-refractivity contribution in [3.05, 3.63) is 41.5 Å². The lowest BCUT2D eigenvalue weighted by Gasteiger charge is -2.30. The first kappa shape index (κ1) is 19.5. The Kier molecular flexibility index (Phi) is 5.80. The fourth-order valence-electron chi connectivity index (χ4n) is 3.58. The van der Waals surface area contributed by atoms with Gasteiger partial charge < -0.3 is 9.26 Å². The summed E-state index contributed by atoms with van der Waals surface area (Å²) in [7, 11) is -3.52. The van der Waals surface area contributed by atoms with Crippen LogP contribution in [-0.2, 0) is 21.2 Å². The van der Waals surface area contributed by atoms with Crippen molar-refractivity contribution >= 4 is 10.0 Å². The molecule has 0 amide bonds. The topological polar surface area (TPSA) is 85.5 Å². The Labute approximate surface area is 166 Å². The SMILES string of the molecule is Cc1ccccc1S(=O)(=O)N1CCCC(c2nc(CCOCC3CC3)no2)C1. The van der Waals surface area contributed by atoms with Crippen molar-refractivity contribution in [1.82, 2.24) is 14.4 Å². The molecule has 8 heteroatoms. The van der Waals surface area contributed by atoms with Crippen LogP contribution in [0.3, 0.4) is 0 Å². The first-order valence-electron chi connectivity index (χ1n) is 10.00. The summed E-state index contributed by atoms with van der Waals surface area (Å²) in [6.45, 7) is 4.12. The average molecular weight is 406 g/mol. The molecule has 28 heavy (non-hydrogen) atoms. The molecule has 2 fully saturated rings. The molecule has 1 saturated carbocycles. The van der Waals surface area contributed by atoms with Crippen molar-refractivity contribution in [2.75, 3.05) is 26.3 Å². The minimum absolute atomic E-state index is 0.0684. The standard InChI is InChI=1S/C20H27N3O4S/c1-15-5-2-3-7-18(15)28(24,25)23-11-4-6-17(13-23)20-21-19(22-27-20)10-12-26-14-16-8-9-16/h2-3,5,7,16-17H,4,6,8-14H2,1H3. The molecule has 7 nitrogen and oxygen atoms in total. The lowest BCUT2D eigenvalue weighted by molar-refractivity contribution is 0.125. The number of benzene rings is 1. The van der Waals surface area contributed by atoms with Crippen molar-refractivity contribution in [3.8, 4) is 0 Å². The molecule has 0 bridgehead atoms. The molecule has 0 N–H and O–H groups in total. The molecule has 2 aliphatic rings. The minimum Gasteiger partial charge on any atom is -0.381 e. The van der Waals surface area contributed by atoms with Gasteiger partial charge in [0.05, 0.1) is 17.4 Å². The van der Waals surface area contributed by atoms with E-state index in [0.717, 1.165) is 30.9 Å². The van der Waals surface area contributed by atoms with Gasteiger partial charge in [0.15, 0.2) is 5.82 Å². The van der Waals surface area contributed by atoms with Crippen LogP contribution < -0.4 is 0 Å². The average Bonchev–Trinajstić information content (AvgIpc) is 3.41. The lowest BCUT2D eigenvalue weighted by Crippen LogP contribution is -2.39. The number of ether oxygens (including phenoxy) is 1. The summed E-state index contributed by atoms with van der Waals surface area (Å²) in [5.74, 6) is 1.83. The number of rotatable bonds is 8. The van der Waals surface area contributed by atoms with Crippen molar-refractivity contribution in [1.29, 1.82) is 0 Å². The van der Waals surface area contributed by atoms with Gasteiger partial charge in [0.2, 0.25) is 15.9 Å². The molecular weight excluding hydrogens is 378 g/mol. The highest BCUT2D eigenvalue weighted by Gasteiger charge is 2.34. The van der Waals surface area contributed by atoms with Gasteiger partial charge in [-0.15, -0.1) is 0 Å². The minimum atomic E-state index is -3.52. The summed E-state index contributed by atoms with van der Waals surface area (Å²) < 4.78 is 38.8. The molecule has 1 aromatic carbocycles. The van der Waals surface area contributed by atoms with Crippen LogP contribution in [-0.4, -0.2) is 49.2 Å². The van der Waals surface area contributed by atoms with Crippen molar-refractivity contribution in [2.24, 2.45) is 5.92 Å². The second kappa shape index (κ2) is 8.31. The third-order valence-electron chi connectivity index (χ3n) is 5.45. The van der Waals surface area contributed by atoms with Crippen LogP contribution in [0.4, 0.5) is 0 Å². The Bertz CT molecular complexity index is 908. The predicted molar refractivity (Wildman–Crippen MR) is 103 cm³/mol. The monoisotopic (exact) mass is 405 g/mol. The van der Waals surface area contributed by atoms with Crippen LogP contribution in [0.5, 0.6) is 0 Å². The number of hydrogen-bond donors (Lipinski definition) is 0. The summed E-state index contributed by atoms with van der Waals surface area (Å²) in [4.78, 5) is 4.86. The third kappa shape index (κ3) is 4.45. The van der Waals surface area contributed by atoms with Gasteiger partial charge in [-0.1, -0.05) is 23.4 Å². The normalized spacial score (nSPS) is 21.1. The van der Waals surface area contributed by atoms with Crippen molar-refractivity contribution < 1.29 is 17.7 Å².